The maximum Gasteiger partial charge on any atom is 0.407 e. The maximum absolute atomic E-state index is 11.2. The first-order valence-electron chi connectivity index (χ1n) is 10.9. The van der Waals surface area contributed by atoms with E-state index in [4.69, 9.17) is 16.6 Å². The Balaban J connectivity index is 1.39. The molecule has 0 aromatic carbocycles. The lowest BCUT2D eigenvalue weighted by atomic mass is 9.91. The third-order valence-electron chi connectivity index (χ3n) is 6.40. The number of nitrogens with zero attached hydrogens (tertiary/aromatic N) is 7. The maximum atomic E-state index is 11.2. The number of aryl methyl sites for hydroxylation is 1. The summed E-state index contributed by atoms with van der Waals surface area (Å²) in [4.78, 5) is 31.0. The molecule has 1 amide bonds. The molecule has 5 rings (SSSR count). The second-order valence-electron chi connectivity index (χ2n) is 8.47. The SMILES string of the molecule is CN(Cc1cn2c(N3CCN(C(=O)O)CC3)nc(Cl)cc2n1)C1CCCc2cccnc21. The van der Waals surface area contributed by atoms with Crippen molar-refractivity contribution in [3.05, 3.63) is 52.7 Å². The standard InChI is InChI=1S/C22H26ClN7O2/c1-27(17-6-2-4-15-5-3-7-24-20(15)17)13-16-14-30-19(25-16)12-18(23)26-21(30)28-8-10-29(11-9-28)22(31)32/h3,5,7,12,14,17H,2,4,6,8-11,13H2,1H3,(H,31,32). The first-order valence-corrected chi connectivity index (χ1v) is 11.3. The molecule has 4 heterocycles. The molecule has 10 heteroatoms. The molecule has 32 heavy (non-hydrogen) atoms. The van der Waals surface area contributed by atoms with Gasteiger partial charge < -0.3 is 14.9 Å². The molecule has 3 aromatic heterocycles. The number of aromatic nitrogens is 4. The van der Waals surface area contributed by atoms with E-state index in [0.29, 0.717) is 43.8 Å². The molecule has 168 valence electrons. The highest BCUT2D eigenvalue weighted by Gasteiger charge is 2.26. The minimum Gasteiger partial charge on any atom is -0.465 e. The van der Waals surface area contributed by atoms with Crippen molar-refractivity contribution in [2.24, 2.45) is 0 Å². The molecule has 1 atom stereocenters. The molecular weight excluding hydrogens is 430 g/mol. The molecule has 1 aliphatic heterocycles. The van der Waals surface area contributed by atoms with Gasteiger partial charge in [-0.3, -0.25) is 14.3 Å². The van der Waals surface area contributed by atoms with Crippen LogP contribution in [0.3, 0.4) is 0 Å². The molecule has 1 unspecified atom stereocenters. The van der Waals surface area contributed by atoms with E-state index in [1.807, 2.05) is 22.9 Å². The summed E-state index contributed by atoms with van der Waals surface area (Å²) in [6, 6.07) is 6.23. The Morgan fingerprint density at radius 2 is 2.09 bits per heavy atom. The van der Waals surface area contributed by atoms with Gasteiger partial charge in [0.2, 0.25) is 5.95 Å². The summed E-state index contributed by atoms with van der Waals surface area (Å²) >= 11 is 6.30. The minimum absolute atomic E-state index is 0.273. The Morgan fingerprint density at radius 3 is 2.88 bits per heavy atom. The quantitative estimate of drug-likeness (QED) is 0.604. The zero-order valence-electron chi connectivity index (χ0n) is 18.0. The highest BCUT2D eigenvalue weighted by molar-refractivity contribution is 6.29. The van der Waals surface area contributed by atoms with Crippen LogP contribution in [0.25, 0.3) is 5.65 Å². The number of piperazine rings is 1. The van der Waals surface area contributed by atoms with Gasteiger partial charge in [-0.2, -0.15) is 0 Å². The van der Waals surface area contributed by atoms with E-state index < -0.39 is 6.09 Å². The Morgan fingerprint density at radius 1 is 1.28 bits per heavy atom. The highest BCUT2D eigenvalue weighted by Crippen LogP contribution is 2.32. The molecular formula is C22H26ClN7O2. The van der Waals surface area contributed by atoms with E-state index in [2.05, 4.69) is 32.9 Å². The molecule has 0 saturated carbocycles. The van der Waals surface area contributed by atoms with E-state index >= 15 is 0 Å². The summed E-state index contributed by atoms with van der Waals surface area (Å²) in [6.45, 7) is 2.68. The van der Waals surface area contributed by atoms with Crippen LogP contribution >= 0.6 is 11.6 Å². The topological polar surface area (TPSA) is 90.1 Å². The number of carbonyl (C=O) groups is 1. The van der Waals surface area contributed by atoms with Gasteiger partial charge in [-0.25, -0.2) is 14.8 Å². The van der Waals surface area contributed by atoms with E-state index in [0.717, 1.165) is 30.6 Å². The first kappa shape index (κ1) is 21.0. The van der Waals surface area contributed by atoms with Gasteiger partial charge in [-0.1, -0.05) is 17.7 Å². The summed E-state index contributed by atoms with van der Waals surface area (Å²) in [7, 11) is 2.12. The molecule has 1 saturated heterocycles. The zero-order chi connectivity index (χ0) is 22.2. The highest BCUT2D eigenvalue weighted by atomic mass is 35.5. The van der Waals surface area contributed by atoms with Crippen molar-refractivity contribution in [2.75, 3.05) is 38.1 Å². The second-order valence-corrected chi connectivity index (χ2v) is 8.85. The van der Waals surface area contributed by atoms with Crippen LogP contribution < -0.4 is 4.90 Å². The number of fused-ring (bicyclic) bond motifs is 2. The Hall–Kier alpha value is -2.91. The van der Waals surface area contributed by atoms with Crippen molar-refractivity contribution in [3.8, 4) is 0 Å². The number of hydrogen-bond donors (Lipinski definition) is 1. The van der Waals surface area contributed by atoms with Crippen molar-refractivity contribution in [1.82, 2.24) is 29.2 Å². The van der Waals surface area contributed by atoms with Gasteiger partial charge in [0.25, 0.3) is 0 Å². The molecule has 1 fully saturated rings. The van der Waals surface area contributed by atoms with Gasteiger partial charge in [0.05, 0.1) is 17.4 Å². The van der Waals surface area contributed by atoms with Gasteiger partial charge in [-0.05, 0) is 37.9 Å². The van der Waals surface area contributed by atoms with E-state index in [1.54, 1.807) is 6.07 Å². The summed E-state index contributed by atoms with van der Waals surface area (Å²) in [5, 5.41) is 9.59. The normalized spacial score (nSPS) is 18.9. The summed E-state index contributed by atoms with van der Waals surface area (Å²) < 4.78 is 1.96. The Labute approximate surface area is 191 Å². The van der Waals surface area contributed by atoms with Gasteiger partial charge in [0.15, 0.2) is 0 Å². The first-order chi connectivity index (χ1) is 15.5. The molecule has 2 aliphatic rings. The fourth-order valence-corrected chi connectivity index (χ4v) is 4.95. The average Bonchev–Trinajstić information content (AvgIpc) is 3.20. The van der Waals surface area contributed by atoms with Crippen LogP contribution in [-0.2, 0) is 13.0 Å². The number of pyridine rings is 1. The van der Waals surface area contributed by atoms with Crippen molar-refractivity contribution < 1.29 is 9.90 Å². The van der Waals surface area contributed by atoms with Gasteiger partial charge >= 0.3 is 6.09 Å². The average molecular weight is 456 g/mol. The molecule has 1 aliphatic carbocycles. The van der Waals surface area contributed by atoms with Crippen LogP contribution in [0.1, 0.15) is 35.8 Å². The van der Waals surface area contributed by atoms with E-state index in [9.17, 15) is 9.90 Å². The van der Waals surface area contributed by atoms with Crippen LogP contribution in [0.5, 0.6) is 0 Å². The monoisotopic (exact) mass is 455 g/mol. The molecule has 0 radical (unpaired) electrons. The van der Waals surface area contributed by atoms with Gasteiger partial charge in [0, 0.05) is 51.2 Å². The Bertz CT molecular complexity index is 1140. The van der Waals surface area contributed by atoms with Crippen LogP contribution in [0.2, 0.25) is 5.15 Å². The van der Waals surface area contributed by atoms with Crippen LogP contribution in [-0.4, -0.2) is 73.6 Å². The lowest BCUT2D eigenvalue weighted by Crippen LogP contribution is -2.49. The van der Waals surface area contributed by atoms with Crippen LogP contribution in [0, 0.1) is 0 Å². The van der Waals surface area contributed by atoms with Gasteiger partial charge in [-0.15, -0.1) is 0 Å². The van der Waals surface area contributed by atoms with Crippen molar-refractivity contribution in [3.63, 3.8) is 0 Å². The van der Waals surface area contributed by atoms with E-state index in [1.165, 1.54) is 16.2 Å². The summed E-state index contributed by atoms with van der Waals surface area (Å²) in [5.74, 6) is 0.698. The largest absolute Gasteiger partial charge is 0.465 e. The van der Waals surface area contributed by atoms with Gasteiger partial charge in [0.1, 0.15) is 10.8 Å². The lowest BCUT2D eigenvalue weighted by molar-refractivity contribution is 0.142. The van der Waals surface area contributed by atoms with Crippen LogP contribution in [0.4, 0.5) is 10.7 Å². The summed E-state index contributed by atoms with van der Waals surface area (Å²) in [5.41, 5.74) is 4.19. The van der Waals surface area contributed by atoms with Crippen molar-refractivity contribution >= 4 is 29.3 Å². The number of hydrogen-bond acceptors (Lipinski definition) is 6. The lowest BCUT2D eigenvalue weighted by Gasteiger charge is -2.33. The molecule has 9 nitrogen and oxygen atoms in total. The smallest absolute Gasteiger partial charge is 0.407 e. The third kappa shape index (κ3) is 3.98. The number of anilines is 1. The predicted molar refractivity (Wildman–Crippen MR) is 121 cm³/mol. The van der Waals surface area contributed by atoms with Crippen molar-refractivity contribution in [1.29, 1.82) is 0 Å². The Kier molecular flexibility index (Phi) is 5.60. The van der Waals surface area contributed by atoms with Crippen LogP contribution in [0.15, 0.2) is 30.6 Å². The fraction of sp³-hybridized carbons (Fsp3) is 0.455. The second kappa shape index (κ2) is 8.55. The van der Waals surface area contributed by atoms with E-state index in [-0.39, 0.29) is 6.04 Å². The number of halogens is 1. The number of imidazole rings is 1. The minimum atomic E-state index is -0.888. The number of rotatable bonds is 4. The molecule has 3 aromatic rings. The molecule has 0 bridgehead atoms. The number of carboxylic acid groups (broad SMARTS) is 1. The fourth-order valence-electron chi connectivity index (χ4n) is 4.77. The molecule has 1 N–H and O–H groups in total. The molecule has 0 spiro atoms. The summed E-state index contributed by atoms with van der Waals surface area (Å²) in [6.07, 6.45) is 6.33. The number of amides is 1. The predicted octanol–water partition coefficient (Wildman–Crippen LogP) is 3.09. The zero-order valence-corrected chi connectivity index (χ0v) is 18.7. The third-order valence-corrected chi connectivity index (χ3v) is 6.59. The van der Waals surface area contributed by atoms with Crippen molar-refractivity contribution in [2.45, 2.75) is 31.8 Å².